The third-order valence-corrected chi connectivity index (χ3v) is 3.16. The Labute approximate surface area is 108 Å². The maximum Gasteiger partial charge on any atom is 0.221 e. The molecule has 3 N–H and O–H groups in total. The molecule has 0 unspecified atom stereocenters. The normalized spacial score (nSPS) is 14.8. The molecule has 2 rings (SSSR count). The lowest BCUT2D eigenvalue weighted by Crippen LogP contribution is -2.30. The highest BCUT2D eigenvalue weighted by Crippen LogP contribution is 2.18. The highest BCUT2D eigenvalue weighted by Gasteiger charge is 2.22. The number of amides is 1. The maximum atomic E-state index is 11.6. The number of hydrogen-bond acceptors (Lipinski definition) is 3. The molecule has 1 aromatic carbocycles. The van der Waals surface area contributed by atoms with Gasteiger partial charge in [-0.1, -0.05) is 18.2 Å². The first-order valence-corrected chi connectivity index (χ1v) is 6.46. The van der Waals surface area contributed by atoms with Gasteiger partial charge in [0, 0.05) is 31.2 Å². The van der Waals surface area contributed by atoms with Crippen LogP contribution >= 0.6 is 0 Å². The second-order valence-electron chi connectivity index (χ2n) is 5.03. The van der Waals surface area contributed by atoms with Gasteiger partial charge in [0.25, 0.3) is 0 Å². The van der Waals surface area contributed by atoms with E-state index in [1.54, 1.807) is 0 Å². The zero-order chi connectivity index (χ0) is 13.0. The minimum Gasteiger partial charge on any atom is -0.398 e. The van der Waals surface area contributed by atoms with Crippen LogP contribution in [0.4, 0.5) is 5.69 Å². The smallest absolute Gasteiger partial charge is 0.221 e. The number of nitrogens with one attached hydrogen (secondary N) is 1. The Morgan fingerprint density at radius 1 is 1.44 bits per heavy atom. The fourth-order valence-electron chi connectivity index (χ4n) is 1.87. The molecular weight excluding hydrogens is 226 g/mol. The molecule has 1 saturated carbocycles. The highest BCUT2D eigenvalue weighted by molar-refractivity contribution is 5.76. The molecule has 0 aliphatic heterocycles. The van der Waals surface area contributed by atoms with Crippen molar-refractivity contribution in [2.75, 3.05) is 19.3 Å². The number of carbonyl (C=O) groups excluding carboxylic acids is 1. The van der Waals surface area contributed by atoms with Gasteiger partial charge in [-0.2, -0.15) is 0 Å². The van der Waals surface area contributed by atoms with Crippen molar-refractivity contribution in [3.63, 3.8) is 0 Å². The number of hydrogen-bond donors (Lipinski definition) is 2. The second-order valence-corrected chi connectivity index (χ2v) is 5.03. The SMILES string of the molecule is CN(CCC(=O)NC1CC1)Cc1ccccc1N. The van der Waals surface area contributed by atoms with Crippen LogP contribution in [0.1, 0.15) is 24.8 Å². The van der Waals surface area contributed by atoms with E-state index in [-0.39, 0.29) is 5.91 Å². The molecule has 4 nitrogen and oxygen atoms in total. The van der Waals surface area contributed by atoms with Crippen LogP contribution in [0.5, 0.6) is 0 Å². The molecule has 0 radical (unpaired) electrons. The van der Waals surface area contributed by atoms with Crippen molar-refractivity contribution >= 4 is 11.6 Å². The van der Waals surface area contributed by atoms with Crippen molar-refractivity contribution in [1.82, 2.24) is 10.2 Å². The molecule has 0 aromatic heterocycles. The van der Waals surface area contributed by atoms with E-state index < -0.39 is 0 Å². The average Bonchev–Trinajstić information content (AvgIpc) is 3.13. The van der Waals surface area contributed by atoms with E-state index in [1.165, 1.54) is 0 Å². The van der Waals surface area contributed by atoms with Gasteiger partial charge in [-0.3, -0.25) is 4.79 Å². The number of carbonyl (C=O) groups is 1. The largest absolute Gasteiger partial charge is 0.398 e. The Morgan fingerprint density at radius 3 is 2.83 bits per heavy atom. The lowest BCUT2D eigenvalue weighted by molar-refractivity contribution is -0.121. The average molecular weight is 247 g/mol. The lowest BCUT2D eigenvalue weighted by Gasteiger charge is -2.17. The first-order valence-electron chi connectivity index (χ1n) is 6.46. The molecule has 0 saturated heterocycles. The molecule has 1 aliphatic carbocycles. The van der Waals surface area contributed by atoms with E-state index >= 15 is 0 Å². The van der Waals surface area contributed by atoms with Crippen molar-refractivity contribution in [3.05, 3.63) is 29.8 Å². The number of nitrogens with two attached hydrogens (primary N) is 1. The zero-order valence-electron chi connectivity index (χ0n) is 10.9. The topological polar surface area (TPSA) is 58.4 Å². The summed E-state index contributed by atoms with van der Waals surface area (Å²) < 4.78 is 0. The summed E-state index contributed by atoms with van der Waals surface area (Å²) in [6.45, 7) is 1.54. The van der Waals surface area contributed by atoms with Crippen molar-refractivity contribution in [2.24, 2.45) is 0 Å². The summed E-state index contributed by atoms with van der Waals surface area (Å²) in [7, 11) is 2.01. The number of nitrogens with zero attached hydrogens (tertiary/aromatic N) is 1. The number of anilines is 1. The number of nitrogen functional groups attached to an aromatic ring is 1. The van der Waals surface area contributed by atoms with E-state index in [0.29, 0.717) is 12.5 Å². The minimum absolute atomic E-state index is 0.158. The summed E-state index contributed by atoms with van der Waals surface area (Å²) in [5.74, 6) is 0.158. The molecular formula is C14H21N3O. The van der Waals surface area contributed by atoms with Gasteiger partial charge >= 0.3 is 0 Å². The molecule has 0 heterocycles. The summed E-state index contributed by atoms with van der Waals surface area (Å²) in [6, 6.07) is 8.30. The standard InChI is InChI=1S/C14H21N3O/c1-17(9-8-14(18)16-12-6-7-12)10-11-4-2-3-5-13(11)15/h2-5,12H,6-10,15H2,1H3,(H,16,18). The van der Waals surface area contributed by atoms with Gasteiger partial charge in [-0.05, 0) is 31.5 Å². The monoisotopic (exact) mass is 247 g/mol. The summed E-state index contributed by atoms with van der Waals surface area (Å²) in [5, 5.41) is 2.99. The zero-order valence-corrected chi connectivity index (χ0v) is 10.9. The summed E-state index contributed by atoms with van der Waals surface area (Å²) in [6.07, 6.45) is 2.84. The van der Waals surface area contributed by atoms with Crippen LogP contribution in [0.25, 0.3) is 0 Å². The van der Waals surface area contributed by atoms with Crippen LogP contribution < -0.4 is 11.1 Å². The molecule has 1 amide bonds. The predicted octanol–water partition coefficient (Wildman–Crippen LogP) is 1.37. The van der Waals surface area contributed by atoms with Gasteiger partial charge in [-0.15, -0.1) is 0 Å². The van der Waals surface area contributed by atoms with E-state index in [1.807, 2.05) is 31.3 Å². The Kier molecular flexibility index (Phi) is 4.20. The van der Waals surface area contributed by atoms with E-state index in [0.717, 1.165) is 37.2 Å². The van der Waals surface area contributed by atoms with Gasteiger partial charge in [0.15, 0.2) is 0 Å². The van der Waals surface area contributed by atoms with Crippen LogP contribution in [-0.2, 0) is 11.3 Å². The fraction of sp³-hybridized carbons (Fsp3) is 0.500. The first-order chi connectivity index (χ1) is 8.65. The summed E-state index contributed by atoms with van der Waals surface area (Å²) in [4.78, 5) is 13.7. The summed E-state index contributed by atoms with van der Waals surface area (Å²) >= 11 is 0. The third kappa shape index (κ3) is 4.04. The fourth-order valence-corrected chi connectivity index (χ4v) is 1.87. The Morgan fingerprint density at radius 2 is 2.17 bits per heavy atom. The van der Waals surface area contributed by atoms with Gasteiger partial charge in [-0.25, -0.2) is 0 Å². The molecule has 0 atom stereocenters. The molecule has 98 valence electrons. The van der Waals surface area contributed by atoms with Crippen molar-refractivity contribution < 1.29 is 4.79 Å². The number of rotatable bonds is 6. The van der Waals surface area contributed by atoms with Crippen LogP contribution in [0.15, 0.2) is 24.3 Å². The Bertz CT molecular complexity index is 415. The van der Waals surface area contributed by atoms with Crippen LogP contribution in [0.2, 0.25) is 0 Å². The molecule has 0 spiro atoms. The first kappa shape index (κ1) is 12.9. The Hall–Kier alpha value is -1.55. The van der Waals surface area contributed by atoms with Crippen molar-refractivity contribution in [3.8, 4) is 0 Å². The number of benzene rings is 1. The molecule has 0 bridgehead atoms. The molecule has 18 heavy (non-hydrogen) atoms. The van der Waals surface area contributed by atoms with E-state index in [9.17, 15) is 4.79 Å². The number of para-hydroxylation sites is 1. The van der Waals surface area contributed by atoms with Gasteiger partial charge in [0.05, 0.1) is 0 Å². The van der Waals surface area contributed by atoms with Crippen molar-refractivity contribution in [1.29, 1.82) is 0 Å². The van der Waals surface area contributed by atoms with Crippen LogP contribution in [0, 0.1) is 0 Å². The Balaban J connectivity index is 1.72. The van der Waals surface area contributed by atoms with Crippen molar-refractivity contribution in [2.45, 2.75) is 31.8 Å². The third-order valence-electron chi connectivity index (χ3n) is 3.16. The van der Waals surface area contributed by atoms with E-state index in [4.69, 9.17) is 5.73 Å². The second kappa shape index (κ2) is 5.87. The quantitative estimate of drug-likeness (QED) is 0.746. The molecule has 4 heteroatoms. The summed E-state index contributed by atoms with van der Waals surface area (Å²) in [5.41, 5.74) is 7.82. The van der Waals surface area contributed by atoms with Crippen LogP contribution in [-0.4, -0.2) is 30.4 Å². The lowest BCUT2D eigenvalue weighted by atomic mass is 10.1. The predicted molar refractivity (Wildman–Crippen MR) is 73.0 cm³/mol. The molecule has 1 fully saturated rings. The molecule has 1 aliphatic rings. The van der Waals surface area contributed by atoms with Gasteiger partial charge in [0.2, 0.25) is 5.91 Å². The van der Waals surface area contributed by atoms with Crippen LogP contribution in [0.3, 0.4) is 0 Å². The van der Waals surface area contributed by atoms with E-state index in [2.05, 4.69) is 10.2 Å². The highest BCUT2D eigenvalue weighted by atomic mass is 16.1. The minimum atomic E-state index is 0.158. The maximum absolute atomic E-state index is 11.6. The van der Waals surface area contributed by atoms with Gasteiger partial charge in [0.1, 0.15) is 0 Å². The van der Waals surface area contributed by atoms with Gasteiger partial charge < -0.3 is 16.0 Å². The molecule has 1 aromatic rings.